The van der Waals surface area contributed by atoms with Gasteiger partial charge in [0.25, 0.3) is 0 Å². The van der Waals surface area contributed by atoms with Crippen molar-refractivity contribution in [3.63, 3.8) is 0 Å². The zero-order valence-corrected chi connectivity index (χ0v) is 23.6. The van der Waals surface area contributed by atoms with E-state index in [2.05, 4.69) is 156 Å². The summed E-state index contributed by atoms with van der Waals surface area (Å²) in [6, 6.07) is 55.2. The Hall–Kier alpha value is -5.18. The quantitative estimate of drug-likeness (QED) is 0.192. The van der Waals surface area contributed by atoms with Crippen LogP contribution in [-0.4, -0.2) is 4.57 Å². The molecule has 2 aromatic heterocycles. The lowest BCUT2D eigenvalue weighted by Gasteiger charge is -2.18. The van der Waals surface area contributed by atoms with Gasteiger partial charge in [0.15, 0.2) is 0 Å². The van der Waals surface area contributed by atoms with Crippen LogP contribution >= 0.6 is 11.3 Å². The fourth-order valence-electron chi connectivity index (χ4n) is 6.90. The van der Waals surface area contributed by atoms with Gasteiger partial charge in [-0.05, 0) is 68.1 Å². The van der Waals surface area contributed by atoms with Crippen molar-refractivity contribution in [1.82, 2.24) is 4.57 Å². The fraction of sp³-hybridized carbons (Fsp3) is 0. The van der Waals surface area contributed by atoms with Crippen LogP contribution in [0, 0.1) is 0 Å². The average Bonchev–Trinajstić information content (AvgIpc) is 3.59. The van der Waals surface area contributed by atoms with Gasteiger partial charge >= 0.3 is 0 Å². The van der Waals surface area contributed by atoms with Crippen molar-refractivity contribution >= 4 is 64.1 Å². The molecule has 0 bridgehead atoms. The number of nitrogens with zero attached hydrogens (tertiary/aromatic N) is 1. The summed E-state index contributed by atoms with van der Waals surface area (Å²) >= 11 is 1.91. The third kappa shape index (κ3) is 3.30. The van der Waals surface area contributed by atoms with Crippen LogP contribution in [-0.2, 0) is 0 Å². The first-order valence-electron chi connectivity index (χ1n) is 14.4. The number of aromatic nitrogens is 1. The number of fused-ring (bicyclic) bond motifs is 7. The maximum Gasteiger partial charge on any atom is 0.0734 e. The Balaban J connectivity index is 1.50. The monoisotopic (exact) mass is 551 g/mol. The summed E-state index contributed by atoms with van der Waals surface area (Å²) < 4.78 is 5.12. The first kappa shape index (κ1) is 23.5. The molecule has 0 atom stereocenters. The molecule has 0 saturated heterocycles. The minimum absolute atomic E-state index is 1.19. The molecule has 1 nitrogen and oxygen atoms in total. The second-order valence-corrected chi connectivity index (χ2v) is 11.9. The standard InChI is InChI=1S/C40H25NS/c1-3-14-26(15-4-1)36-28-18-7-9-20-30(28)37(31-21-10-8-19-29(31)36)33-23-13-25-35-38(33)39-40(42-35)32-22-11-12-24-34(32)41(39)27-16-5-2-6-17-27/h1-25H. The maximum absolute atomic E-state index is 2.47. The van der Waals surface area contributed by atoms with Gasteiger partial charge in [-0.3, -0.25) is 0 Å². The molecule has 0 aliphatic heterocycles. The minimum Gasteiger partial charge on any atom is -0.308 e. The molecule has 196 valence electrons. The third-order valence-electron chi connectivity index (χ3n) is 8.58. The predicted octanol–water partition coefficient (Wildman–Crippen LogP) is 11.6. The van der Waals surface area contributed by atoms with Crippen molar-refractivity contribution in [2.75, 3.05) is 0 Å². The van der Waals surface area contributed by atoms with Crippen molar-refractivity contribution in [1.29, 1.82) is 0 Å². The van der Waals surface area contributed by atoms with Gasteiger partial charge in [0.2, 0.25) is 0 Å². The molecule has 2 heterocycles. The summed E-state index contributed by atoms with van der Waals surface area (Å²) in [5.74, 6) is 0. The van der Waals surface area contributed by atoms with E-state index in [0.717, 1.165) is 0 Å². The summed E-state index contributed by atoms with van der Waals surface area (Å²) in [5.41, 5.74) is 8.85. The van der Waals surface area contributed by atoms with Crippen LogP contribution in [0.15, 0.2) is 152 Å². The molecule has 0 aliphatic rings. The number of thiophene rings is 1. The number of hydrogen-bond acceptors (Lipinski definition) is 1. The second kappa shape index (κ2) is 9.17. The molecule has 42 heavy (non-hydrogen) atoms. The lowest BCUT2D eigenvalue weighted by atomic mass is 9.85. The van der Waals surface area contributed by atoms with E-state index in [9.17, 15) is 0 Å². The van der Waals surface area contributed by atoms with E-state index in [0.29, 0.717) is 0 Å². The highest BCUT2D eigenvalue weighted by atomic mass is 32.1. The molecule has 0 unspecified atom stereocenters. The smallest absolute Gasteiger partial charge is 0.0734 e. The fourth-order valence-corrected chi connectivity index (χ4v) is 8.15. The van der Waals surface area contributed by atoms with E-state index < -0.39 is 0 Å². The molecular weight excluding hydrogens is 527 g/mol. The van der Waals surface area contributed by atoms with Crippen molar-refractivity contribution in [2.24, 2.45) is 0 Å². The number of benzene rings is 7. The number of para-hydroxylation sites is 2. The SMILES string of the molecule is c1ccc(-c2c3ccccc3c(-c3cccc4sc5c6ccccc6n(-c6ccccc6)c5c34)c3ccccc23)cc1. The predicted molar refractivity (Wildman–Crippen MR) is 182 cm³/mol. The Labute approximate surface area is 247 Å². The van der Waals surface area contributed by atoms with E-state index in [-0.39, 0.29) is 0 Å². The maximum atomic E-state index is 2.47. The van der Waals surface area contributed by atoms with Gasteiger partial charge in [0.1, 0.15) is 0 Å². The zero-order chi connectivity index (χ0) is 27.6. The van der Waals surface area contributed by atoms with Crippen LogP contribution in [0.4, 0.5) is 0 Å². The summed E-state index contributed by atoms with van der Waals surface area (Å²) in [7, 11) is 0. The summed E-state index contributed by atoms with van der Waals surface area (Å²) in [4.78, 5) is 0. The molecule has 0 aliphatic carbocycles. The largest absolute Gasteiger partial charge is 0.308 e. The Morgan fingerprint density at radius 2 is 0.976 bits per heavy atom. The Kier molecular flexibility index (Phi) is 5.13. The highest BCUT2D eigenvalue weighted by Crippen LogP contribution is 2.49. The van der Waals surface area contributed by atoms with Crippen molar-refractivity contribution in [3.8, 4) is 27.9 Å². The molecule has 0 fully saturated rings. The summed E-state index contributed by atoms with van der Waals surface area (Å²) in [6.45, 7) is 0. The second-order valence-electron chi connectivity index (χ2n) is 10.9. The number of rotatable bonds is 3. The highest BCUT2D eigenvalue weighted by molar-refractivity contribution is 7.26. The van der Waals surface area contributed by atoms with Gasteiger partial charge in [0.05, 0.1) is 15.7 Å². The van der Waals surface area contributed by atoms with Crippen LogP contribution in [0.25, 0.3) is 80.7 Å². The molecule has 2 heteroatoms. The molecule has 9 aromatic rings. The van der Waals surface area contributed by atoms with Gasteiger partial charge in [-0.25, -0.2) is 0 Å². The summed E-state index contributed by atoms with van der Waals surface area (Å²) in [5, 5.41) is 7.75. The van der Waals surface area contributed by atoms with E-state index in [4.69, 9.17) is 0 Å². The highest BCUT2D eigenvalue weighted by Gasteiger charge is 2.23. The first-order chi connectivity index (χ1) is 20.9. The molecule has 7 aromatic carbocycles. The van der Waals surface area contributed by atoms with E-state index in [1.54, 1.807) is 0 Å². The lowest BCUT2D eigenvalue weighted by molar-refractivity contribution is 1.19. The van der Waals surface area contributed by atoms with Crippen LogP contribution in [0.3, 0.4) is 0 Å². The van der Waals surface area contributed by atoms with Crippen molar-refractivity contribution in [2.45, 2.75) is 0 Å². The van der Waals surface area contributed by atoms with Gasteiger partial charge in [-0.2, -0.15) is 0 Å². The Morgan fingerprint density at radius 3 is 1.64 bits per heavy atom. The Morgan fingerprint density at radius 1 is 0.429 bits per heavy atom. The Bertz CT molecular complexity index is 2390. The van der Waals surface area contributed by atoms with E-state index in [1.165, 1.54) is 80.7 Å². The van der Waals surface area contributed by atoms with Gasteiger partial charge in [-0.1, -0.05) is 127 Å². The average molecular weight is 552 g/mol. The molecule has 0 radical (unpaired) electrons. The molecule has 9 rings (SSSR count). The molecular formula is C40H25NS. The molecule has 0 amide bonds. The van der Waals surface area contributed by atoms with Crippen LogP contribution in [0.1, 0.15) is 0 Å². The van der Waals surface area contributed by atoms with Crippen LogP contribution in [0.5, 0.6) is 0 Å². The van der Waals surface area contributed by atoms with E-state index in [1.807, 2.05) is 11.3 Å². The third-order valence-corrected chi connectivity index (χ3v) is 9.76. The van der Waals surface area contributed by atoms with Crippen LogP contribution < -0.4 is 0 Å². The number of hydrogen-bond donors (Lipinski definition) is 0. The minimum atomic E-state index is 1.19. The van der Waals surface area contributed by atoms with E-state index >= 15 is 0 Å². The topological polar surface area (TPSA) is 4.93 Å². The van der Waals surface area contributed by atoms with Gasteiger partial charge < -0.3 is 4.57 Å². The molecule has 0 spiro atoms. The normalized spacial score (nSPS) is 11.8. The lowest BCUT2D eigenvalue weighted by Crippen LogP contribution is -1.94. The van der Waals surface area contributed by atoms with Gasteiger partial charge in [-0.15, -0.1) is 11.3 Å². The van der Waals surface area contributed by atoms with Crippen molar-refractivity contribution < 1.29 is 0 Å². The van der Waals surface area contributed by atoms with Gasteiger partial charge in [0, 0.05) is 21.2 Å². The van der Waals surface area contributed by atoms with Crippen molar-refractivity contribution in [3.05, 3.63) is 152 Å². The zero-order valence-electron chi connectivity index (χ0n) is 22.8. The summed E-state index contributed by atoms with van der Waals surface area (Å²) in [6.07, 6.45) is 0. The molecule has 0 saturated carbocycles. The molecule has 0 N–H and O–H groups in total. The first-order valence-corrected chi connectivity index (χ1v) is 15.2. The van der Waals surface area contributed by atoms with Crippen LogP contribution in [0.2, 0.25) is 0 Å².